The van der Waals surface area contributed by atoms with Gasteiger partial charge in [-0.1, -0.05) is 17.7 Å². The maximum atomic E-state index is 12.9. The lowest BCUT2D eigenvalue weighted by atomic mass is 10.2. The van der Waals surface area contributed by atoms with Crippen molar-refractivity contribution in [3.05, 3.63) is 40.7 Å². The van der Waals surface area contributed by atoms with E-state index in [4.69, 9.17) is 11.6 Å². The summed E-state index contributed by atoms with van der Waals surface area (Å²) in [6.07, 6.45) is 2.69. The van der Waals surface area contributed by atoms with Crippen molar-refractivity contribution < 1.29 is 18.7 Å². The van der Waals surface area contributed by atoms with Gasteiger partial charge in [-0.3, -0.25) is 4.79 Å². The van der Waals surface area contributed by atoms with E-state index in [-0.39, 0.29) is 5.02 Å². The van der Waals surface area contributed by atoms with Gasteiger partial charge in [0.2, 0.25) is 5.91 Å². The Hall–Kier alpha value is -1.88. The molecular weight excluding hydrogens is 273 g/mol. The third kappa shape index (κ3) is 4.71. The number of rotatable bonds is 4. The molecule has 0 aromatic heterocycles. The van der Waals surface area contributed by atoms with Crippen LogP contribution in [-0.2, 0) is 14.3 Å². The van der Waals surface area contributed by atoms with E-state index in [9.17, 15) is 14.0 Å². The number of hydrogen-bond acceptors (Lipinski definition) is 3. The van der Waals surface area contributed by atoms with Crippen molar-refractivity contribution in [2.75, 3.05) is 7.11 Å². The van der Waals surface area contributed by atoms with Crippen molar-refractivity contribution in [3.63, 3.8) is 0 Å². The molecule has 0 saturated carbocycles. The molecule has 6 heteroatoms. The van der Waals surface area contributed by atoms with Crippen LogP contribution in [-0.4, -0.2) is 25.0 Å². The molecular formula is C13H13ClFNO3. The molecule has 1 aromatic carbocycles. The van der Waals surface area contributed by atoms with Gasteiger partial charge in [0.1, 0.15) is 11.9 Å². The van der Waals surface area contributed by atoms with E-state index in [1.54, 1.807) is 0 Å². The highest BCUT2D eigenvalue weighted by Crippen LogP contribution is 2.16. The molecule has 1 atom stereocenters. The fourth-order valence-corrected chi connectivity index (χ4v) is 1.47. The minimum Gasteiger partial charge on any atom is -0.467 e. The van der Waals surface area contributed by atoms with Gasteiger partial charge in [-0.15, -0.1) is 0 Å². The van der Waals surface area contributed by atoms with Crippen LogP contribution in [0.5, 0.6) is 0 Å². The fraction of sp³-hybridized carbons (Fsp3) is 0.231. The van der Waals surface area contributed by atoms with Crippen LogP contribution in [0.1, 0.15) is 12.5 Å². The van der Waals surface area contributed by atoms with Crippen LogP contribution >= 0.6 is 11.6 Å². The summed E-state index contributed by atoms with van der Waals surface area (Å²) in [6, 6.07) is 3.34. The Morgan fingerprint density at radius 1 is 1.47 bits per heavy atom. The Bertz CT molecular complexity index is 517. The van der Waals surface area contributed by atoms with Gasteiger partial charge in [-0.05, 0) is 30.7 Å². The van der Waals surface area contributed by atoms with Crippen molar-refractivity contribution in [1.29, 1.82) is 0 Å². The van der Waals surface area contributed by atoms with Crippen molar-refractivity contribution in [3.8, 4) is 0 Å². The van der Waals surface area contributed by atoms with Crippen LogP contribution in [0.2, 0.25) is 5.02 Å². The molecule has 0 saturated heterocycles. The van der Waals surface area contributed by atoms with E-state index < -0.39 is 23.7 Å². The summed E-state index contributed by atoms with van der Waals surface area (Å²) in [5, 5.41) is 2.40. The van der Waals surface area contributed by atoms with Crippen molar-refractivity contribution in [2.24, 2.45) is 0 Å². The number of carbonyl (C=O) groups is 2. The highest BCUT2D eigenvalue weighted by molar-refractivity contribution is 6.30. The van der Waals surface area contributed by atoms with E-state index in [0.29, 0.717) is 5.56 Å². The molecule has 0 aliphatic carbocycles. The van der Waals surface area contributed by atoms with Crippen LogP contribution in [0, 0.1) is 5.82 Å². The average molecular weight is 286 g/mol. The quantitative estimate of drug-likeness (QED) is 0.681. The summed E-state index contributed by atoms with van der Waals surface area (Å²) < 4.78 is 17.4. The highest BCUT2D eigenvalue weighted by Gasteiger charge is 2.13. The number of halogens is 2. The van der Waals surface area contributed by atoms with Crippen LogP contribution in [0.15, 0.2) is 24.3 Å². The number of benzene rings is 1. The first kappa shape index (κ1) is 15.2. The van der Waals surface area contributed by atoms with Gasteiger partial charge in [0.15, 0.2) is 0 Å². The van der Waals surface area contributed by atoms with Crippen molar-refractivity contribution >= 4 is 29.6 Å². The largest absolute Gasteiger partial charge is 0.467 e. The summed E-state index contributed by atoms with van der Waals surface area (Å²) in [5.74, 6) is -1.52. The number of methoxy groups -OCH3 is 1. The van der Waals surface area contributed by atoms with Gasteiger partial charge in [0, 0.05) is 6.08 Å². The zero-order chi connectivity index (χ0) is 14.4. The SMILES string of the molecule is COC(=O)[C@@H](C)NC(=O)/C=C/c1ccc(F)c(Cl)c1. The minimum absolute atomic E-state index is 0.0227. The van der Waals surface area contributed by atoms with Gasteiger partial charge < -0.3 is 10.1 Å². The number of nitrogens with one attached hydrogen (secondary N) is 1. The molecule has 1 N–H and O–H groups in total. The van der Waals surface area contributed by atoms with Crippen molar-refractivity contribution in [1.82, 2.24) is 5.32 Å². The number of amides is 1. The third-order valence-electron chi connectivity index (χ3n) is 2.28. The van der Waals surface area contributed by atoms with Crippen LogP contribution in [0.3, 0.4) is 0 Å². The second-order valence-corrected chi connectivity index (χ2v) is 4.17. The average Bonchev–Trinajstić information content (AvgIpc) is 2.39. The Labute approximate surface area is 115 Å². The molecule has 0 aliphatic heterocycles. The van der Waals surface area contributed by atoms with Crippen LogP contribution < -0.4 is 5.32 Å². The molecule has 1 amide bonds. The molecule has 0 radical (unpaired) electrons. The molecule has 0 bridgehead atoms. The molecule has 0 unspecified atom stereocenters. The smallest absolute Gasteiger partial charge is 0.328 e. The number of carbonyl (C=O) groups excluding carboxylic acids is 2. The monoisotopic (exact) mass is 285 g/mol. The van der Waals surface area contributed by atoms with E-state index in [1.165, 1.54) is 44.4 Å². The zero-order valence-electron chi connectivity index (χ0n) is 10.4. The Balaban J connectivity index is 2.63. The second-order valence-electron chi connectivity index (χ2n) is 3.76. The van der Waals surface area contributed by atoms with Gasteiger partial charge in [0.25, 0.3) is 0 Å². The van der Waals surface area contributed by atoms with E-state index in [0.717, 1.165) is 0 Å². The first-order valence-electron chi connectivity index (χ1n) is 5.45. The highest BCUT2D eigenvalue weighted by atomic mass is 35.5. The summed E-state index contributed by atoms with van der Waals surface area (Å²) >= 11 is 5.60. The zero-order valence-corrected chi connectivity index (χ0v) is 11.2. The molecule has 19 heavy (non-hydrogen) atoms. The Morgan fingerprint density at radius 2 is 2.16 bits per heavy atom. The number of ether oxygens (including phenoxy) is 1. The van der Waals surface area contributed by atoms with Crippen LogP contribution in [0.4, 0.5) is 4.39 Å². The van der Waals surface area contributed by atoms with Crippen LogP contribution in [0.25, 0.3) is 6.08 Å². The molecule has 0 fully saturated rings. The predicted octanol–water partition coefficient (Wildman–Crippen LogP) is 2.17. The normalized spacial score (nSPS) is 12.2. The topological polar surface area (TPSA) is 55.4 Å². The minimum atomic E-state index is -0.737. The Kier molecular flexibility index (Phi) is 5.51. The standard InChI is InChI=1S/C13H13ClFNO3/c1-8(13(18)19-2)16-12(17)6-4-9-3-5-11(15)10(14)7-9/h3-8H,1-2H3,(H,16,17)/b6-4+/t8-/m1/s1. The first-order chi connectivity index (χ1) is 8.93. The maximum absolute atomic E-state index is 12.9. The van der Waals surface area contributed by atoms with E-state index in [1.807, 2.05) is 0 Å². The lowest BCUT2D eigenvalue weighted by molar-refractivity contribution is -0.144. The van der Waals surface area contributed by atoms with Gasteiger partial charge in [-0.2, -0.15) is 0 Å². The summed E-state index contributed by atoms with van der Waals surface area (Å²) in [6.45, 7) is 1.51. The molecule has 0 aliphatic rings. The maximum Gasteiger partial charge on any atom is 0.328 e. The van der Waals surface area contributed by atoms with Gasteiger partial charge >= 0.3 is 5.97 Å². The second kappa shape index (κ2) is 6.89. The van der Waals surface area contributed by atoms with Gasteiger partial charge in [-0.25, -0.2) is 9.18 Å². The lowest BCUT2D eigenvalue weighted by Crippen LogP contribution is -2.38. The van der Waals surface area contributed by atoms with E-state index in [2.05, 4.69) is 10.1 Å². The fourth-order valence-electron chi connectivity index (χ4n) is 1.29. The summed E-state index contributed by atoms with van der Waals surface area (Å²) in [5.41, 5.74) is 0.576. The first-order valence-corrected chi connectivity index (χ1v) is 5.83. The predicted molar refractivity (Wildman–Crippen MR) is 70.1 cm³/mol. The third-order valence-corrected chi connectivity index (χ3v) is 2.57. The number of esters is 1. The van der Waals surface area contributed by atoms with Gasteiger partial charge in [0.05, 0.1) is 12.1 Å². The molecule has 102 valence electrons. The summed E-state index contributed by atoms with van der Waals surface area (Å²) in [7, 11) is 1.24. The van der Waals surface area contributed by atoms with Crippen molar-refractivity contribution in [2.45, 2.75) is 13.0 Å². The lowest BCUT2D eigenvalue weighted by Gasteiger charge is -2.09. The molecule has 1 rings (SSSR count). The number of hydrogen-bond donors (Lipinski definition) is 1. The van der Waals surface area contributed by atoms with E-state index >= 15 is 0 Å². The molecule has 4 nitrogen and oxygen atoms in total. The molecule has 0 heterocycles. The summed E-state index contributed by atoms with van der Waals surface area (Å²) in [4.78, 5) is 22.6. The Morgan fingerprint density at radius 3 is 2.74 bits per heavy atom. The molecule has 1 aromatic rings. The molecule has 0 spiro atoms.